The largest absolute Gasteiger partial charge is 0.507 e. The molecule has 1 aliphatic heterocycles. The van der Waals surface area contributed by atoms with E-state index in [2.05, 4.69) is 34.6 Å². The van der Waals surface area contributed by atoms with Crippen molar-refractivity contribution in [3.05, 3.63) is 94.5 Å². The van der Waals surface area contributed by atoms with Crippen LogP contribution in [0.3, 0.4) is 0 Å². The highest BCUT2D eigenvalue weighted by atomic mass is 32.2. The molecule has 4 rings (SSSR count). The summed E-state index contributed by atoms with van der Waals surface area (Å²) in [5.74, 6) is 0.987. The summed E-state index contributed by atoms with van der Waals surface area (Å²) in [4.78, 5) is 17.1. The number of urea groups is 1. The first-order chi connectivity index (χ1) is 14.0. The van der Waals surface area contributed by atoms with Crippen LogP contribution in [-0.4, -0.2) is 16.2 Å². The van der Waals surface area contributed by atoms with Crippen molar-refractivity contribution in [2.24, 2.45) is 4.99 Å². The predicted molar refractivity (Wildman–Crippen MR) is 120 cm³/mol. The first kappa shape index (κ1) is 19.3. The third-order valence-corrected chi connectivity index (χ3v) is 6.15. The lowest BCUT2D eigenvalue weighted by molar-refractivity contribution is 0.259. The molecule has 29 heavy (non-hydrogen) atoms. The number of nitrogens with zero attached hydrogens (tertiary/aromatic N) is 1. The average molecular weight is 403 g/mol. The number of carbonyl (C=O) groups excluding carboxylic acids is 1. The third-order valence-electron chi connectivity index (χ3n) is 5.08. The fourth-order valence-electron chi connectivity index (χ4n) is 3.66. The molecule has 2 N–H and O–H groups in total. The Balaban J connectivity index is 1.67. The minimum absolute atomic E-state index is 0.0554. The molecule has 0 aromatic heterocycles. The number of phenolic OH excluding ortho intramolecular Hbond substituents is 1. The highest BCUT2D eigenvalue weighted by molar-refractivity contribution is 8.13. The van der Waals surface area contributed by atoms with Gasteiger partial charge in [0, 0.05) is 11.4 Å². The van der Waals surface area contributed by atoms with Gasteiger partial charge in [0.1, 0.15) is 5.75 Å². The SMILES string of the molecule is Cc1cc(NC(=O)N=C2SCc3ccccc3C2c2ccccc2)cc(C)c1O. The molecule has 5 heteroatoms. The average Bonchev–Trinajstić information content (AvgIpc) is 2.72. The van der Waals surface area contributed by atoms with Crippen LogP contribution >= 0.6 is 11.8 Å². The number of benzene rings is 3. The Bertz CT molecular complexity index is 1070. The number of anilines is 1. The Labute approximate surface area is 174 Å². The van der Waals surface area contributed by atoms with E-state index in [0.29, 0.717) is 5.69 Å². The predicted octanol–water partition coefficient (Wildman–Crippen LogP) is 6.02. The summed E-state index contributed by atoms with van der Waals surface area (Å²) in [7, 11) is 0. The van der Waals surface area contributed by atoms with E-state index in [1.165, 1.54) is 11.1 Å². The minimum atomic E-state index is -0.405. The number of phenols is 1. The van der Waals surface area contributed by atoms with Crippen LogP contribution in [0.15, 0.2) is 71.7 Å². The van der Waals surface area contributed by atoms with E-state index in [4.69, 9.17) is 0 Å². The molecule has 0 saturated heterocycles. The van der Waals surface area contributed by atoms with Gasteiger partial charge in [0.25, 0.3) is 0 Å². The van der Waals surface area contributed by atoms with Crippen molar-refractivity contribution in [1.82, 2.24) is 0 Å². The Morgan fingerprint density at radius 1 is 1.03 bits per heavy atom. The second-order valence-corrected chi connectivity index (χ2v) is 8.17. The van der Waals surface area contributed by atoms with Crippen LogP contribution in [0, 0.1) is 13.8 Å². The van der Waals surface area contributed by atoms with E-state index in [0.717, 1.165) is 27.5 Å². The number of hydrogen-bond acceptors (Lipinski definition) is 3. The van der Waals surface area contributed by atoms with Gasteiger partial charge in [0.2, 0.25) is 0 Å². The van der Waals surface area contributed by atoms with E-state index in [-0.39, 0.29) is 11.7 Å². The molecule has 4 nitrogen and oxygen atoms in total. The lowest BCUT2D eigenvalue weighted by Gasteiger charge is -2.27. The second-order valence-electron chi connectivity index (χ2n) is 7.17. The topological polar surface area (TPSA) is 61.7 Å². The van der Waals surface area contributed by atoms with Crippen molar-refractivity contribution < 1.29 is 9.90 Å². The number of nitrogens with one attached hydrogen (secondary N) is 1. The molecule has 0 radical (unpaired) electrons. The van der Waals surface area contributed by atoms with Gasteiger partial charge in [-0.25, -0.2) is 4.79 Å². The van der Waals surface area contributed by atoms with Crippen LogP contribution in [0.5, 0.6) is 5.75 Å². The smallest absolute Gasteiger partial charge is 0.346 e. The Kier molecular flexibility index (Phi) is 5.41. The van der Waals surface area contributed by atoms with E-state index in [1.54, 1.807) is 23.9 Å². The molecule has 1 aliphatic rings. The van der Waals surface area contributed by atoms with Crippen molar-refractivity contribution in [2.45, 2.75) is 25.5 Å². The summed E-state index contributed by atoms with van der Waals surface area (Å²) in [6.45, 7) is 3.62. The van der Waals surface area contributed by atoms with Crippen LogP contribution in [0.2, 0.25) is 0 Å². The molecule has 146 valence electrons. The summed E-state index contributed by atoms with van der Waals surface area (Å²) in [5.41, 5.74) is 5.66. The van der Waals surface area contributed by atoms with Gasteiger partial charge in [-0.1, -0.05) is 54.6 Å². The maximum Gasteiger partial charge on any atom is 0.346 e. The second kappa shape index (κ2) is 8.13. The first-order valence-electron chi connectivity index (χ1n) is 9.48. The molecule has 0 spiro atoms. The lowest BCUT2D eigenvalue weighted by Crippen LogP contribution is -2.20. The van der Waals surface area contributed by atoms with E-state index < -0.39 is 6.03 Å². The van der Waals surface area contributed by atoms with Crippen LogP contribution in [0.25, 0.3) is 0 Å². The summed E-state index contributed by atoms with van der Waals surface area (Å²) in [6.07, 6.45) is 0. The normalized spacial score (nSPS) is 17.0. The van der Waals surface area contributed by atoms with Crippen LogP contribution in [0.4, 0.5) is 10.5 Å². The quantitative estimate of drug-likeness (QED) is 0.515. The molecule has 3 aromatic carbocycles. The molecular weight excluding hydrogens is 380 g/mol. The van der Waals surface area contributed by atoms with Gasteiger partial charge >= 0.3 is 6.03 Å². The van der Waals surface area contributed by atoms with Crippen LogP contribution in [-0.2, 0) is 5.75 Å². The molecule has 1 heterocycles. The minimum Gasteiger partial charge on any atom is -0.507 e. The number of thioether (sulfide) groups is 1. The van der Waals surface area contributed by atoms with Gasteiger partial charge in [0.15, 0.2) is 0 Å². The monoisotopic (exact) mass is 402 g/mol. The molecule has 2 amide bonds. The van der Waals surface area contributed by atoms with Gasteiger partial charge in [0.05, 0.1) is 11.0 Å². The van der Waals surface area contributed by atoms with E-state index >= 15 is 0 Å². The lowest BCUT2D eigenvalue weighted by atomic mass is 9.89. The number of amides is 2. The highest BCUT2D eigenvalue weighted by Gasteiger charge is 2.28. The molecule has 1 unspecified atom stereocenters. The zero-order valence-electron chi connectivity index (χ0n) is 16.3. The number of aliphatic imine (C=N–C) groups is 1. The maximum absolute atomic E-state index is 12.7. The summed E-state index contributed by atoms with van der Waals surface area (Å²) in [5, 5.41) is 13.6. The van der Waals surface area contributed by atoms with Gasteiger partial charge in [-0.3, -0.25) is 0 Å². The van der Waals surface area contributed by atoms with Gasteiger partial charge in [-0.2, -0.15) is 4.99 Å². The summed E-state index contributed by atoms with van der Waals surface area (Å²) < 4.78 is 0. The van der Waals surface area contributed by atoms with Crippen molar-refractivity contribution in [3.63, 3.8) is 0 Å². The maximum atomic E-state index is 12.7. The van der Waals surface area contributed by atoms with Gasteiger partial charge < -0.3 is 10.4 Å². The number of fused-ring (bicyclic) bond motifs is 1. The number of aromatic hydroxyl groups is 1. The fraction of sp³-hybridized carbons (Fsp3) is 0.167. The van der Waals surface area contributed by atoms with Gasteiger partial charge in [-0.15, -0.1) is 11.8 Å². The molecule has 1 atom stereocenters. The molecule has 0 bridgehead atoms. The highest BCUT2D eigenvalue weighted by Crippen LogP contribution is 2.39. The molecular formula is C24H22N2O2S. The van der Waals surface area contributed by atoms with Crippen LogP contribution in [0.1, 0.15) is 33.7 Å². The standard InChI is InChI=1S/C24H22N2O2S/c1-15-12-19(13-16(2)22(15)27)25-24(28)26-23-21(17-8-4-3-5-9-17)20-11-7-6-10-18(20)14-29-23/h3-13,21,27H,14H2,1-2H3,(H,25,28). The zero-order valence-corrected chi connectivity index (χ0v) is 17.2. The van der Waals surface area contributed by atoms with E-state index in [1.807, 2.05) is 44.2 Å². The number of hydrogen-bond donors (Lipinski definition) is 2. The Hall–Kier alpha value is -3.05. The summed E-state index contributed by atoms with van der Waals surface area (Å²) in [6, 6.07) is 21.6. The van der Waals surface area contributed by atoms with E-state index in [9.17, 15) is 9.90 Å². The van der Waals surface area contributed by atoms with Crippen molar-refractivity contribution in [2.75, 3.05) is 5.32 Å². The zero-order chi connectivity index (χ0) is 20.4. The Morgan fingerprint density at radius 2 is 1.69 bits per heavy atom. The molecule has 0 fully saturated rings. The van der Waals surface area contributed by atoms with Crippen molar-refractivity contribution in [1.29, 1.82) is 0 Å². The van der Waals surface area contributed by atoms with Crippen molar-refractivity contribution >= 4 is 28.5 Å². The molecule has 3 aromatic rings. The number of aryl methyl sites for hydroxylation is 2. The number of rotatable bonds is 2. The van der Waals surface area contributed by atoms with Crippen molar-refractivity contribution in [3.8, 4) is 5.75 Å². The Morgan fingerprint density at radius 3 is 2.41 bits per heavy atom. The van der Waals surface area contributed by atoms with Gasteiger partial charge in [-0.05, 0) is 53.8 Å². The molecule has 0 saturated carbocycles. The third kappa shape index (κ3) is 4.05. The first-order valence-corrected chi connectivity index (χ1v) is 10.5. The van der Waals surface area contributed by atoms with Crippen LogP contribution < -0.4 is 5.32 Å². The summed E-state index contributed by atoms with van der Waals surface area (Å²) >= 11 is 1.61. The fourth-order valence-corrected chi connectivity index (χ4v) is 4.80. The molecule has 0 aliphatic carbocycles. The number of carbonyl (C=O) groups is 1.